The minimum absolute atomic E-state index is 0.0201. The fraction of sp³-hybridized carbons (Fsp3) is 0.214. The number of rotatable bonds is 9. The van der Waals surface area contributed by atoms with Crippen LogP contribution in [0.4, 0.5) is 10.2 Å². The molecule has 2 atom stereocenters. The summed E-state index contributed by atoms with van der Waals surface area (Å²) in [5.74, 6) is -1.92. The van der Waals surface area contributed by atoms with Gasteiger partial charge in [-0.3, -0.25) is 4.79 Å². The number of carboxylic acids is 1. The normalized spacial score (nSPS) is 19.7. The molecule has 2 unspecified atom stereocenters. The Bertz CT molecular complexity index is 2320. The molecule has 11 heteroatoms. The fourth-order valence-corrected chi connectivity index (χ4v) is 8.95. The van der Waals surface area contributed by atoms with E-state index in [2.05, 4.69) is 46.3 Å². The molecule has 264 valence electrons. The molecule has 9 nitrogen and oxygen atoms in total. The first-order valence-corrected chi connectivity index (χ1v) is 18.2. The van der Waals surface area contributed by atoms with E-state index < -0.39 is 29.3 Å². The molecule has 4 aromatic heterocycles. The van der Waals surface area contributed by atoms with Gasteiger partial charge >= 0.3 is 5.97 Å². The minimum atomic E-state index is -0.955. The van der Waals surface area contributed by atoms with Gasteiger partial charge in [-0.25, -0.2) is 19.9 Å². The van der Waals surface area contributed by atoms with Crippen molar-refractivity contribution in [3.05, 3.63) is 156 Å². The average Bonchev–Trinajstić information content (AvgIpc) is 3.87. The summed E-state index contributed by atoms with van der Waals surface area (Å²) in [6, 6.07) is 33.7. The van der Waals surface area contributed by atoms with Gasteiger partial charge in [-0.15, -0.1) is 0 Å². The summed E-state index contributed by atoms with van der Waals surface area (Å²) in [6.45, 7) is 0. The van der Waals surface area contributed by atoms with Crippen molar-refractivity contribution in [3.8, 4) is 17.2 Å². The van der Waals surface area contributed by atoms with E-state index in [0.29, 0.717) is 16.7 Å². The van der Waals surface area contributed by atoms with E-state index in [9.17, 15) is 9.90 Å². The third-order valence-electron chi connectivity index (χ3n) is 11.1. The van der Waals surface area contributed by atoms with E-state index in [1.54, 1.807) is 29.1 Å². The van der Waals surface area contributed by atoms with Crippen molar-refractivity contribution in [2.75, 3.05) is 5.32 Å². The Hall–Kier alpha value is -5.87. The Morgan fingerprint density at radius 2 is 1.36 bits per heavy atom. The molecule has 3 aliphatic rings. The fourth-order valence-electron chi connectivity index (χ4n) is 8.81. The summed E-state index contributed by atoms with van der Waals surface area (Å²) in [7, 11) is 0. The Labute approximate surface area is 310 Å². The van der Waals surface area contributed by atoms with Crippen molar-refractivity contribution in [1.82, 2.24) is 29.1 Å². The van der Waals surface area contributed by atoms with Gasteiger partial charge in [-0.05, 0) is 66.3 Å². The first-order valence-electron chi connectivity index (χ1n) is 17.8. The molecular formula is C42H35ClFN7O2. The maximum absolute atomic E-state index is 16.7. The van der Waals surface area contributed by atoms with Gasteiger partial charge in [-0.1, -0.05) is 103 Å². The third kappa shape index (κ3) is 5.47. The second kappa shape index (κ2) is 13.3. The lowest BCUT2D eigenvalue weighted by atomic mass is 9.61. The molecule has 53 heavy (non-hydrogen) atoms. The summed E-state index contributed by atoms with van der Waals surface area (Å²) in [5, 5.41) is 13.8. The number of nitrogens with one attached hydrogen (secondary N) is 1. The molecule has 0 aliphatic heterocycles. The zero-order valence-electron chi connectivity index (χ0n) is 28.6. The summed E-state index contributed by atoms with van der Waals surface area (Å²) in [6.07, 6.45) is 10.4. The van der Waals surface area contributed by atoms with E-state index in [4.69, 9.17) is 31.5 Å². The monoisotopic (exact) mass is 723 g/mol. The summed E-state index contributed by atoms with van der Waals surface area (Å²) in [4.78, 5) is 32.0. The van der Waals surface area contributed by atoms with Gasteiger partial charge in [0.2, 0.25) is 5.82 Å². The highest BCUT2D eigenvalue weighted by Gasteiger charge is 2.48. The molecule has 3 aromatic carbocycles. The molecule has 0 radical (unpaired) electrons. The second-order valence-corrected chi connectivity index (χ2v) is 14.3. The van der Waals surface area contributed by atoms with Gasteiger partial charge in [0.15, 0.2) is 23.1 Å². The SMILES string of the molecule is O=C(O)C1C2CCC(CC2)C1Nc1nc(-c2cn(C(c3ccccc3)(c3ccccc3)c3ccccc3)c3ncc(Cl)nc23)nc(-n2cccc2)c1F. The van der Waals surface area contributed by atoms with E-state index in [1.165, 1.54) is 6.20 Å². The van der Waals surface area contributed by atoms with Gasteiger partial charge in [0.25, 0.3) is 0 Å². The number of halogens is 2. The van der Waals surface area contributed by atoms with Crippen LogP contribution < -0.4 is 5.32 Å². The molecule has 2 N–H and O–H groups in total. The van der Waals surface area contributed by atoms with E-state index >= 15 is 4.39 Å². The van der Waals surface area contributed by atoms with Crippen molar-refractivity contribution in [2.45, 2.75) is 37.3 Å². The topological polar surface area (TPSA) is 111 Å². The lowest BCUT2D eigenvalue weighted by molar-refractivity contribution is -0.148. The number of aliphatic carboxylic acids is 1. The van der Waals surface area contributed by atoms with Crippen molar-refractivity contribution in [1.29, 1.82) is 0 Å². The van der Waals surface area contributed by atoms with Gasteiger partial charge in [0, 0.05) is 24.6 Å². The zero-order chi connectivity index (χ0) is 36.1. The summed E-state index contributed by atoms with van der Waals surface area (Å²) >= 11 is 6.58. The molecule has 4 heterocycles. The number of benzene rings is 3. The van der Waals surface area contributed by atoms with Crippen LogP contribution in [0.25, 0.3) is 28.4 Å². The van der Waals surface area contributed by atoms with Gasteiger partial charge in [0.05, 0.1) is 17.7 Å². The van der Waals surface area contributed by atoms with Gasteiger partial charge in [0.1, 0.15) is 16.2 Å². The number of hydrogen-bond donors (Lipinski definition) is 2. The van der Waals surface area contributed by atoms with E-state index in [1.807, 2.05) is 60.8 Å². The molecule has 10 rings (SSSR count). The number of fused-ring (bicyclic) bond motifs is 4. The number of carbonyl (C=O) groups is 1. The van der Waals surface area contributed by atoms with Crippen LogP contribution in [0.1, 0.15) is 42.4 Å². The van der Waals surface area contributed by atoms with Crippen LogP contribution in [0.2, 0.25) is 5.15 Å². The molecule has 0 amide bonds. The highest BCUT2D eigenvalue weighted by atomic mass is 35.5. The highest BCUT2D eigenvalue weighted by molar-refractivity contribution is 6.29. The zero-order valence-corrected chi connectivity index (χ0v) is 29.3. The predicted molar refractivity (Wildman–Crippen MR) is 201 cm³/mol. The largest absolute Gasteiger partial charge is 0.481 e. The number of carboxylic acid groups (broad SMARTS) is 1. The Morgan fingerprint density at radius 1 is 0.792 bits per heavy atom. The van der Waals surface area contributed by atoms with Crippen LogP contribution in [-0.2, 0) is 10.3 Å². The van der Waals surface area contributed by atoms with Crippen LogP contribution >= 0.6 is 11.6 Å². The van der Waals surface area contributed by atoms with Crippen molar-refractivity contribution >= 4 is 34.6 Å². The van der Waals surface area contributed by atoms with Crippen LogP contribution in [0, 0.1) is 23.6 Å². The van der Waals surface area contributed by atoms with Crippen LogP contribution in [0.5, 0.6) is 0 Å². The molecule has 0 spiro atoms. The van der Waals surface area contributed by atoms with Crippen LogP contribution in [-0.4, -0.2) is 46.2 Å². The number of nitrogens with zero attached hydrogens (tertiary/aromatic N) is 6. The van der Waals surface area contributed by atoms with Gasteiger partial charge in [-0.2, -0.15) is 4.39 Å². The molecule has 3 saturated carbocycles. The van der Waals surface area contributed by atoms with Crippen LogP contribution in [0.3, 0.4) is 0 Å². The van der Waals surface area contributed by atoms with Crippen molar-refractivity contribution < 1.29 is 14.3 Å². The average molecular weight is 724 g/mol. The summed E-state index contributed by atoms with van der Waals surface area (Å²) < 4.78 is 20.4. The molecule has 7 aromatic rings. The van der Waals surface area contributed by atoms with E-state index in [0.717, 1.165) is 42.4 Å². The quantitative estimate of drug-likeness (QED) is 0.144. The first-order chi connectivity index (χ1) is 25.9. The lowest BCUT2D eigenvalue weighted by Gasteiger charge is -2.47. The Kier molecular flexibility index (Phi) is 8.26. The van der Waals surface area contributed by atoms with Crippen LogP contribution in [0.15, 0.2) is 128 Å². The number of anilines is 1. The van der Waals surface area contributed by atoms with E-state index in [-0.39, 0.29) is 34.4 Å². The van der Waals surface area contributed by atoms with Crippen molar-refractivity contribution in [2.24, 2.45) is 17.8 Å². The number of aromatic nitrogens is 6. The minimum Gasteiger partial charge on any atom is -0.481 e. The first kappa shape index (κ1) is 33.0. The standard InChI is InChI=1S/C42H35ClFN7O2/c43-32-24-45-40-36(46-32)31(25-51(40)42(28-12-4-1-5-13-28,29-14-6-2-7-15-29)30-16-8-3-9-17-30)37-48-38(34(44)39(49-37)50-22-10-11-23-50)47-35-27-20-18-26(19-21-27)33(35)41(52)53/h1-17,22-27,33,35H,18-21H2,(H,52,53)(H,47,48,49). The highest BCUT2D eigenvalue weighted by Crippen LogP contribution is 2.47. The third-order valence-corrected chi connectivity index (χ3v) is 11.3. The number of hydrogen-bond acceptors (Lipinski definition) is 6. The predicted octanol–water partition coefficient (Wildman–Crippen LogP) is 8.61. The molecular weight excluding hydrogens is 689 g/mol. The Morgan fingerprint density at radius 3 is 1.92 bits per heavy atom. The Balaban J connectivity index is 1.31. The maximum Gasteiger partial charge on any atom is 0.308 e. The second-order valence-electron chi connectivity index (χ2n) is 13.9. The van der Waals surface area contributed by atoms with Crippen molar-refractivity contribution in [3.63, 3.8) is 0 Å². The molecule has 3 fully saturated rings. The smallest absolute Gasteiger partial charge is 0.308 e. The molecule has 3 aliphatic carbocycles. The molecule has 0 saturated heterocycles. The lowest BCUT2D eigenvalue weighted by Crippen LogP contribution is -2.51. The maximum atomic E-state index is 16.7. The summed E-state index contributed by atoms with van der Waals surface area (Å²) in [5.41, 5.74) is 3.39. The van der Waals surface area contributed by atoms with Gasteiger partial charge < -0.3 is 19.6 Å². The molecule has 2 bridgehead atoms.